The Kier molecular flexibility index (Phi) is 7.19. The lowest BCUT2D eigenvalue weighted by Gasteiger charge is -2.43. The summed E-state index contributed by atoms with van der Waals surface area (Å²) in [6.07, 6.45) is 2.53. The molecule has 0 aromatic carbocycles. The summed E-state index contributed by atoms with van der Waals surface area (Å²) < 4.78 is 0. The topological polar surface area (TPSA) is 0 Å². The maximum atomic E-state index is 5.78. The minimum absolute atomic E-state index is 0.832. The van der Waals surface area contributed by atoms with Gasteiger partial charge in [-0.3, -0.25) is 0 Å². The molecule has 2 heteroatoms. The molecular weight excluding hydrogens is 220 g/mol. The molecule has 0 rings (SSSR count). The summed E-state index contributed by atoms with van der Waals surface area (Å²) in [7, 11) is -1.12. The van der Waals surface area contributed by atoms with Gasteiger partial charge in [0.2, 0.25) is 0 Å². The average molecular weight is 249 g/mol. The number of hydrogen-bond acceptors (Lipinski definition) is 0. The Bertz CT molecular complexity index is 142. The average Bonchev–Trinajstić information content (AvgIpc) is 2.10. The zero-order valence-corrected chi connectivity index (χ0v) is 13.2. The Morgan fingerprint density at radius 2 is 1.20 bits per heavy atom. The molecular formula is C13H29ClSi. The van der Waals surface area contributed by atoms with Crippen LogP contribution in [0.4, 0.5) is 0 Å². The Balaban J connectivity index is 4.65. The largest absolute Gasteiger partial charge is 0.127 e. The van der Waals surface area contributed by atoms with E-state index < -0.39 is 8.07 Å². The van der Waals surface area contributed by atoms with Crippen LogP contribution in [0.5, 0.6) is 0 Å². The van der Waals surface area contributed by atoms with Crippen LogP contribution in [0.25, 0.3) is 0 Å². The van der Waals surface area contributed by atoms with E-state index in [0.29, 0.717) is 0 Å². The van der Waals surface area contributed by atoms with Gasteiger partial charge < -0.3 is 0 Å². The van der Waals surface area contributed by atoms with Crippen LogP contribution in [0.15, 0.2) is 0 Å². The maximum Gasteiger partial charge on any atom is 0.0612 e. The van der Waals surface area contributed by atoms with Crippen molar-refractivity contribution in [3.05, 3.63) is 0 Å². The monoisotopic (exact) mass is 248 g/mol. The molecule has 0 radical (unpaired) electrons. The van der Waals surface area contributed by atoms with Crippen LogP contribution in [0.2, 0.25) is 22.7 Å². The predicted molar refractivity (Wildman–Crippen MR) is 75.8 cm³/mol. The first kappa shape index (κ1) is 15.5. The molecule has 0 saturated heterocycles. The highest BCUT2D eigenvalue weighted by Gasteiger charge is 2.41. The van der Waals surface area contributed by atoms with Gasteiger partial charge in [0, 0.05) is 5.88 Å². The normalized spacial score (nSPS) is 13.2. The Morgan fingerprint density at radius 3 is 1.47 bits per heavy atom. The van der Waals surface area contributed by atoms with Crippen molar-refractivity contribution in [2.75, 3.05) is 5.88 Å². The summed E-state index contributed by atoms with van der Waals surface area (Å²) >= 11 is 5.78. The van der Waals surface area contributed by atoms with Gasteiger partial charge in [0.25, 0.3) is 0 Å². The molecule has 0 bridgehead atoms. The lowest BCUT2D eigenvalue weighted by molar-refractivity contribution is 0.758. The van der Waals surface area contributed by atoms with Crippen LogP contribution in [0.1, 0.15) is 54.4 Å². The minimum atomic E-state index is -1.12. The van der Waals surface area contributed by atoms with Gasteiger partial charge in [-0.05, 0) is 6.42 Å². The first-order chi connectivity index (χ1) is 6.89. The minimum Gasteiger partial charge on any atom is -0.127 e. The summed E-state index contributed by atoms with van der Waals surface area (Å²) in [5.41, 5.74) is 2.69. The van der Waals surface area contributed by atoms with Gasteiger partial charge >= 0.3 is 0 Å². The van der Waals surface area contributed by atoms with E-state index in [1.807, 2.05) is 0 Å². The fourth-order valence-electron chi connectivity index (χ4n) is 3.39. The molecule has 0 unspecified atom stereocenters. The summed E-state index contributed by atoms with van der Waals surface area (Å²) in [6.45, 7) is 14.6. The third-order valence-electron chi connectivity index (χ3n) is 4.22. The highest BCUT2D eigenvalue weighted by Crippen LogP contribution is 2.45. The lowest BCUT2D eigenvalue weighted by Crippen LogP contribution is -2.44. The molecule has 92 valence electrons. The van der Waals surface area contributed by atoms with Gasteiger partial charge in [0.1, 0.15) is 0 Å². The number of alkyl halides is 1. The van der Waals surface area contributed by atoms with Crippen LogP contribution in [-0.2, 0) is 0 Å². The molecule has 0 aliphatic heterocycles. The number of unbranched alkanes of at least 4 members (excludes halogenated alkanes) is 1. The van der Waals surface area contributed by atoms with Crippen LogP contribution in [0, 0.1) is 0 Å². The lowest BCUT2D eigenvalue weighted by atomic mass is 10.4. The summed E-state index contributed by atoms with van der Waals surface area (Å²) in [6, 6.07) is 1.46. The molecule has 0 nitrogen and oxygen atoms in total. The van der Waals surface area contributed by atoms with Gasteiger partial charge in [0.05, 0.1) is 8.07 Å². The van der Waals surface area contributed by atoms with E-state index in [4.69, 9.17) is 11.6 Å². The molecule has 0 aromatic heterocycles. The molecule has 0 aliphatic rings. The zero-order chi connectivity index (χ0) is 12.1. The van der Waals surface area contributed by atoms with Crippen molar-refractivity contribution in [3.63, 3.8) is 0 Å². The van der Waals surface area contributed by atoms with E-state index in [9.17, 15) is 0 Å². The third-order valence-corrected chi connectivity index (χ3v) is 12.2. The van der Waals surface area contributed by atoms with Gasteiger partial charge in [-0.15, -0.1) is 11.6 Å². The van der Waals surface area contributed by atoms with E-state index in [1.54, 1.807) is 0 Å². The third kappa shape index (κ3) is 3.78. The second kappa shape index (κ2) is 6.96. The van der Waals surface area contributed by atoms with Crippen LogP contribution in [0.3, 0.4) is 0 Å². The Labute approximate surface area is 103 Å². The van der Waals surface area contributed by atoms with Gasteiger partial charge in [-0.25, -0.2) is 0 Å². The van der Waals surface area contributed by atoms with Gasteiger partial charge in [-0.2, -0.15) is 0 Å². The van der Waals surface area contributed by atoms with Crippen LogP contribution < -0.4 is 0 Å². The first-order valence-corrected chi connectivity index (χ1v) is 9.42. The molecule has 0 N–H and O–H groups in total. The highest BCUT2D eigenvalue weighted by molar-refractivity contribution is 6.83. The van der Waals surface area contributed by atoms with E-state index in [-0.39, 0.29) is 0 Å². The van der Waals surface area contributed by atoms with Gasteiger partial charge in [0.15, 0.2) is 0 Å². The predicted octanol–water partition coefficient (Wildman–Crippen LogP) is 5.68. The van der Waals surface area contributed by atoms with E-state index in [2.05, 4.69) is 41.5 Å². The summed E-state index contributed by atoms with van der Waals surface area (Å²) in [5, 5.41) is 0. The maximum absolute atomic E-state index is 5.78. The highest BCUT2D eigenvalue weighted by atomic mass is 35.5. The number of hydrogen-bond donors (Lipinski definition) is 0. The summed E-state index contributed by atoms with van der Waals surface area (Å²) in [5.74, 6) is 0.832. The van der Waals surface area contributed by atoms with Crippen LogP contribution in [-0.4, -0.2) is 14.0 Å². The van der Waals surface area contributed by atoms with Crippen molar-refractivity contribution in [2.24, 2.45) is 0 Å². The van der Waals surface area contributed by atoms with Crippen molar-refractivity contribution in [3.8, 4) is 0 Å². The molecule has 15 heavy (non-hydrogen) atoms. The molecule has 0 fully saturated rings. The molecule has 0 spiro atoms. The first-order valence-electron chi connectivity index (χ1n) is 6.45. The molecule has 0 heterocycles. The van der Waals surface area contributed by atoms with Crippen LogP contribution >= 0.6 is 11.6 Å². The van der Waals surface area contributed by atoms with Crippen molar-refractivity contribution in [1.29, 1.82) is 0 Å². The standard InChI is InChI=1S/C13H29ClSi/c1-11(2)15(12(3)4,13(5)6)10-8-7-9-14/h11-13H,7-10H2,1-6H3. The van der Waals surface area contributed by atoms with E-state index in [0.717, 1.165) is 22.5 Å². The molecule has 0 aliphatic carbocycles. The van der Waals surface area contributed by atoms with Crippen molar-refractivity contribution >= 4 is 19.7 Å². The number of halogens is 1. The second-order valence-corrected chi connectivity index (χ2v) is 12.3. The SMILES string of the molecule is CC(C)[Si](CCCCCl)(C(C)C)C(C)C. The smallest absolute Gasteiger partial charge is 0.0612 e. The fraction of sp³-hybridized carbons (Fsp3) is 1.00. The molecule has 0 saturated carbocycles. The molecule has 0 atom stereocenters. The Hall–Kier alpha value is 0.507. The van der Waals surface area contributed by atoms with E-state index in [1.165, 1.54) is 18.9 Å². The second-order valence-electron chi connectivity index (χ2n) is 5.72. The van der Waals surface area contributed by atoms with Crippen molar-refractivity contribution < 1.29 is 0 Å². The van der Waals surface area contributed by atoms with Crippen molar-refractivity contribution in [1.82, 2.24) is 0 Å². The van der Waals surface area contributed by atoms with Gasteiger partial charge in [-0.1, -0.05) is 70.6 Å². The molecule has 0 aromatic rings. The fourth-order valence-corrected chi connectivity index (χ4v) is 10.2. The molecule has 0 amide bonds. The van der Waals surface area contributed by atoms with Crippen molar-refractivity contribution in [2.45, 2.75) is 77.1 Å². The summed E-state index contributed by atoms with van der Waals surface area (Å²) in [4.78, 5) is 0. The zero-order valence-electron chi connectivity index (χ0n) is 11.4. The Morgan fingerprint density at radius 1 is 0.800 bits per heavy atom. The van der Waals surface area contributed by atoms with E-state index >= 15 is 0 Å². The quantitative estimate of drug-likeness (QED) is 0.309. The number of rotatable bonds is 7.